The van der Waals surface area contributed by atoms with Crippen LogP contribution in [0.2, 0.25) is 10.3 Å². The summed E-state index contributed by atoms with van der Waals surface area (Å²) in [5.74, 6) is -0.119. The number of anilines is 1. The second-order valence-corrected chi connectivity index (χ2v) is 4.22. The van der Waals surface area contributed by atoms with Crippen molar-refractivity contribution in [3.05, 3.63) is 40.0 Å². The molecular formula is C11H8Cl2FN3O. The lowest BCUT2D eigenvalue weighted by Crippen LogP contribution is -2.01. The number of aromatic nitrogens is 2. The number of benzene rings is 1. The molecule has 1 heterocycles. The van der Waals surface area contributed by atoms with Gasteiger partial charge in [0.2, 0.25) is 11.2 Å². The van der Waals surface area contributed by atoms with Gasteiger partial charge in [-0.15, -0.1) is 0 Å². The molecule has 7 heteroatoms. The fourth-order valence-corrected chi connectivity index (χ4v) is 1.63. The zero-order valence-corrected chi connectivity index (χ0v) is 10.8. The molecule has 2 N–H and O–H groups in total. The van der Waals surface area contributed by atoms with Gasteiger partial charge in [-0.2, -0.15) is 4.98 Å². The molecule has 1 aromatic heterocycles. The molecule has 0 fully saturated rings. The van der Waals surface area contributed by atoms with E-state index in [0.29, 0.717) is 11.4 Å². The standard InChI is InChI=1S/C11H8Cl2FN3O/c1-5-9(15)10(17-11(13)16-5)18-6-2-3-8(14)7(12)4-6/h2-4H,15H2,1H3. The minimum atomic E-state index is -0.533. The first kappa shape index (κ1) is 12.9. The van der Waals surface area contributed by atoms with Gasteiger partial charge in [0.05, 0.1) is 10.7 Å². The number of ether oxygens (including phenoxy) is 1. The van der Waals surface area contributed by atoms with Crippen molar-refractivity contribution in [1.82, 2.24) is 9.97 Å². The Morgan fingerprint density at radius 1 is 1.28 bits per heavy atom. The number of hydrogen-bond acceptors (Lipinski definition) is 4. The van der Waals surface area contributed by atoms with Crippen molar-refractivity contribution >= 4 is 28.9 Å². The third-order valence-corrected chi connectivity index (χ3v) is 2.64. The molecule has 0 unspecified atom stereocenters. The van der Waals surface area contributed by atoms with Gasteiger partial charge in [0.25, 0.3) is 0 Å². The molecule has 0 aliphatic carbocycles. The van der Waals surface area contributed by atoms with Crippen LogP contribution >= 0.6 is 23.2 Å². The van der Waals surface area contributed by atoms with E-state index in [4.69, 9.17) is 33.7 Å². The first-order chi connectivity index (χ1) is 8.47. The highest BCUT2D eigenvalue weighted by Crippen LogP contribution is 2.30. The smallest absolute Gasteiger partial charge is 0.247 e. The Morgan fingerprint density at radius 2 is 2.00 bits per heavy atom. The maximum atomic E-state index is 13.0. The largest absolute Gasteiger partial charge is 0.437 e. The van der Waals surface area contributed by atoms with Crippen LogP contribution in [0.4, 0.5) is 10.1 Å². The normalized spacial score (nSPS) is 10.4. The molecule has 0 atom stereocenters. The van der Waals surface area contributed by atoms with Crippen molar-refractivity contribution in [2.24, 2.45) is 0 Å². The molecule has 0 aliphatic heterocycles. The Kier molecular flexibility index (Phi) is 3.54. The van der Waals surface area contributed by atoms with Crippen molar-refractivity contribution in [2.45, 2.75) is 6.92 Å². The molecule has 18 heavy (non-hydrogen) atoms. The molecule has 2 rings (SSSR count). The summed E-state index contributed by atoms with van der Waals surface area (Å²) < 4.78 is 18.4. The number of nitrogens with zero attached hydrogens (tertiary/aromatic N) is 2. The summed E-state index contributed by atoms with van der Waals surface area (Å²) in [6.45, 7) is 1.67. The third-order valence-electron chi connectivity index (χ3n) is 2.18. The zero-order valence-electron chi connectivity index (χ0n) is 9.25. The number of nitrogen functional groups attached to an aromatic ring is 1. The Morgan fingerprint density at radius 3 is 2.67 bits per heavy atom. The predicted molar refractivity (Wildman–Crippen MR) is 67.7 cm³/mol. The van der Waals surface area contributed by atoms with Crippen molar-refractivity contribution in [3.8, 4) is 11.6 Å². The van der Waals surface area contributed by atoms with Crippen LogP contribution in [0.25, 0.3) is 0 Å². The first-order valence-corrected chi connectivity index (χ1v) is 5.65. The van der Waals surface area contributed by atoms with E-state index >= 15 is 0 Å². The highest BCUT2D eigenvalue weighted by molar-refractivity contribution is 6.30. The molecule has 0 bridgehead atoms. The molecule has 0 saturated heterocycles. The van der Waals surface area contributed by atoms with Crippen LogP contribution in [0, 0.1) is 12.7 Å². The van der Waals surface area contributed by atoms with Crippen LogP contribution in [0.15, 0.2) is 18.2 Å². The minimum absolute atomic E-state index is 0.0184. The fraction of sp³-hybridized carbons (Fsp3) is 0.0909. The summed E-state index contributed by atoms with van der Waals surface area (Å²) in [7, 11) is 0. The van der Waals surface area contributed by atoms with Gasteiger partial charge in [-0.1, -0.05) is 11.6 Å². The quantitative estimate of drug-likeness (QED) is 0.857. The third kappa shape index (κ3) is 2.63. The maximum absolute atomic E-state index is 13.0. The van der Waals surface area contributed by atoms with E-state index in [0.717, 1.165) is 0 Å². The lowest BCUT2D eigenvalue weighted by molar-refractivity contribution is 0.462. The minimum Gasteiger partial charge on any atom is -0.437 e. The second kappa shape index (κ2) is 4.96. The van der Waals surface area contributed by atoms with Crippen LogP contribution in [-0.2, 0) is 0 Å². The number of rotatable bonds is 2. The summed E-state index contributed by atoms with van der Waals surface area (Å²) in [5.41, 5.74) is 6.51. The molecule has 0 amide bonds. The van der Waals surface area contributed by atoms with Gasteiger partial charge >= 0.3 is 0 Å². The van der Waals surface area contributed by atoms with Crippen molar-refractivity contribution in [2.75, 3.05) is 5.73 Å². The van der Waals surface area contributed by atoms with Crippen molar-refractivity contribution in [1.29, 1.82) is 0 Å². The Bertz CT molecular complexity index is 607. The highest BCUT2D eigenvalue weighted by atomic mass is 35.5. The monoisotopic (exact) mass is 287 g/mol. The van der Waals surface area contributed by atoms with Crippen molar-refractivity contribution in [3.63, 3.8) is 0 Å². The summed E-state index contributed by atoms with van der Waals surface area (Å²) in [6, 6.07) is 3.91. The number of halogens is 3. The van der Waals surface area contributed by atoms with Gasteiger partial charge in [-0.25, -0.2) is 9.37 Å². The summed E-state index contributed by atoms with van der Waals surface area (Å²) >= 11 is 11.3. The lowest BCUT2D eigenvalue weighted by Gasteiger charge is -2.09. The Hall–Kier alpha value is -1.59. The molecule has 4 nitrogen and oxygen atoms in total. The highest BCUT2D eigenvalue weighted by Gasteiger charge is 2.11. The molecular weight excluding hydrogens is 280 g/mol. The summed E-state index contributed by atoms with van der Waals surface area (Å²) in [6.07, 6.45) is 0. The molecule has 94 valence electrons. The molecule has 0 saturated carbocycles. The van der Waals surface area contributed by atoms with E-state index in [1.807, 2.05) is 0 Å². The topological polar surface area (TPSA) is 61.0 Å². The molecule has 1 aromatic carbocycles. The summed E-state index contributed by atoms with van der Waals surface area (Å²) in [5, 5.41) is -0.0344. The maximum Gasteiger partial charge on any atom is 0.247 e. The predicted octanol–water partition coefficient (Wildman–Crippen LogP) is 3.61. The van der Waals surface area contributed by atoms with Crippen LogP contribution in [0.3, 0.4) is 0 Å². The molecule has 0 radical (unpaired) electrons. The van der Waals surface area contributed by atoms with E-state index in [1.165, 1.54) is 18.2 Å². The molecule has 2 aromatic rings. The van der Waals surface area contributed by atoms with Crippen LogP contribution in [0.1, 0.15) is 5.69 Å². The molecule has 0 spiro atoms. The van der Waals surface area contributed by atoms with Gasteiger partial charge in [0.1, 0.15) is 17.3 Å². The molecule has 0 aliphatic rings. The van der Waals surface area contributed by atoms with Crippen LogP contribution < -0.4 is 10.5 Å². The van der Waals surface area contributed by atoms with Crippen LogP contribution in [-0.4, -0.2) is 9.97 Å². The van der Waals surface area contributed by atoms with E-state index < -0.39 is 5.82 Å². The van der Waals surface area contributed by atoms with Gasteiger partial charge in [0, 0.05) is 6.07 Å². The second-order valence-electron chi connectivity index (χ2n) is 3.47. The van der Waals surface area contributed by atoms with Crippen LogP contribution in [0.5, 0.6) is 11.6 Å². The Labute approximate surface area is 113 Å². The van der Waals surface area contributed by atoms with Gasteiger partial charge in [-0.05, 0) is 30.7 Å². The SMILES string of the molecule is Cc1nc(Cl)nc(Oc2ccc(F)c(Cl)c2)c1N. The number of nitrogens with two attached hydrogens (primary N) is 1. The Balaban J connectivity index is 2.36. The van der Waals surface area contributed by atoms with E-state index in [2.05, 4.69) is 9.97 Å². The van der Waals surface area contributed by atoms with E-state index in [1.54, 1.807) is 6.92 Å². The van der Waals surface area contributed by atoms with E-state index in [-0.39, 0.29) is 21.9 Å². The first-order valence-electron chi connectivity index (χ1n) is 4.90. The number of aryl methyl sites for hydroxylation is 1. The zero-order chi connectivity index (χ0) is 13.3. The summed E-state index contributed by atoms with van der Waals surface area (Å²) in [4.78, 5) is 7.72. The van der Waals surface area contributed by atoms with Gasteiger partial charge < -0.3 is 10.5 Å². The average Bonchev–Trinajstić information content (AvgIpc) is 2.30. The fourth-order valence-electron chi connectivity index (χ4n) is 1.25. The van der Waals surface area contributed by atoms with E-state index in [9.17, 15) is 4.39 Å². The average molecular weight is 288 g/mol. The lowest BCUT2D eigenvalue weighted by atomic mass is 10.3. The van der Waals surface area contributed by atoms with Crippen molar-refractivity contribution < 1.29 is 9.13 Å². The van der Waals surface area contributed by atoms with Gasteiger partial charge in [0.15, 0.2) is 0 Å². The van der Waals surface area contributed by atoms with Gasteiger partial charge in [-0.3, -0.25) is 0 Å². The number of hydrogen-bond donors (Lipinski definition) is 1.